The van der Waals surface area contributed by atoms with E-state index in [1.54, 1.807) is 25.1 Å². The molecule has 0 atom stereocenters. The first-order valence-electron chi connectivity index (χ1n) is 5.49. The number of benzene rings is 1. The maximum Gasteiger partial charge on any atom is 0.240 e. The molecule has 0 aromatic heterocycles. The maximum atomic E-state index is 11.8. The van der Waals surface area contributed by atoms with E-state index in [0.717, 1.165) is 0 Å². The van der Waals surface area contributed by atoms with Gasteiger partial charge in [0.25, 0.3) is 0 Å². The molecule has 0 radical (unpaired) electrons. The number of sulfonamides is 1. The van der Waals surface area contributed by atoms with Gasteiger partial charge in [-0.25, -0.2) is 13.1 Å². The molecule has 0 aliphatic heterocycles. The van der Waals surface area contributed by atoms with Crippen molar-refractivity contribution in [3.8, 4) is 0 Å². The van der Waals surface area contributed by atoms with Crippen LogP contribution in [0.5, 0.6) is 0 Å². The Bertz CT molecular complexity index is 541. The van der Waals surface area contributed by atoms with Gasteiger partial charge in [-0.1, -0.05) is 6.07 Å². The van der Waals surface area contributed by atoms with Crippen molar-refractivity contribution in [2.45, 2.75) is 18.7 Å². The van der Waals surface area contributed by atoms with Gasteiger partial charge in [-0.3, -0.25) is 0 Å². The maximum absolute atomic E-state index is 11.8. The molecule has 5 nitrogen and oxygen atoms in total. The summed E-state index contributed by atoms with van der Waals surface area (Å²) >= 11 is 5.05. The molecular weight excluding hydrogens is 270 g/mol. The predicted molar refractivity (Wildman–Crippen MR) is 77.3 cm³/mol. The van der Waals surface area contributed by atoms with Gasteiger partial charge in [-0.15, -0.1) is 0 Å². The van der Waals surface area contributed by atoms with Crippen LogP contribution in [0.3, 0.4) is 0 Å². The van der Waals surface area contributed by atoms with Crippen LogP contribution in [0.1, 0.15) is 12.5 Å². The van der Waals surface area contributed by atoms with Crippen molar-refractivity contribution in [2.75, 3.05) is 18.9 Å². The summed E-state index contributed by atoms with van der Waals surface area (Å²) in [5, 5.41) is 6.34. The van der Waals surface area contributed by atoms with E-state index in [9.17, 15) is 8.42 Å². The van der Waals surface area contributed by atoms with Gasteiger partial charge >= 0.3 is 0 Å². The van der Waals surface area contributed by atoms with Crippen LogP contribution in [0.2, 0.25) is 0 Å². The molecule has 1 aromatic carbocycles. The normalized spacial score (nSPS) is 11.1. The largest absolute Gasteiger partial charge is 0.363 e. The summed E-state index contributed by atoms with van der Waals surface area (Å²) in [4.78, 5) is 0.245. The number of thiocarbonyl (C=S) groups is 1. The summed E-state index contributed by atoms with van der Waals surface area (Å²) in [6.45, 7) is 4.38. The number of aryl methyl sites for hydroxylation is 1. The number of nitrogens with one attached hydrogen (secondary N) is 3. The van der Waals surface area contributed by atoms with E-state index in [1.165, 1.54) is 7.05 Å². The standard InChI is InChI=1S/C11H17N3O2S2/c1-4-13-11(17)14-9-6-5-8(2)10(7-9)18(15,16)12-3/h5-7,12H,4H2,1-3H3,(H2,13,14,17). The van der Waals surface area contributed by atoms with Crippen molar-refractivity contribution in [3.05, 3.63) is 23.8 Å². The van der Waals surface area contributed by atoms with E-state index < -0.39 is 10.0 Å². The van der Waals surface area contributed by atoms with Gasteiger partial charge in [-0.05, 0) is 50.8 Å². The van der Waals surface area contributed by atoms with Crippen LogP contribution in [-0.4, -0.2) is 27.1 Å². The molecule has 0 bridgehead atoms. The lowest BCUT2D eigenvalue weighted by molar-refractivity contribution is 0.587. The lowest BCUT2D eigenvalue weighted by atomic mass is 10.2. The Labute approximate surface area is 113 Å². The molecule has 0 aliphatic rings. The number of rotatable bonds is 4. The quantitative estimate of drug-likeness (QED) is 0.726. The molecule has 1 rings (SSSR count). The molecule has 3 N–H and O–H groups in total. The summed E-state index contributed by atoms with van der Waals surface area (Å²) in [5.74, 6) is 0. The van der Waals surface area contributed by atoms with Crippen molar-refractivity contribution in [1.29, 1.82) is 0 Å². The Morgan fingerprint density at radius 1 is 1.39 bits per heavy atom. The van der Waals surface area contributed by atoms with Crippen molar-refractivity contribution in [3.63, 3.8) is 0 Å². The Balaban J connectivity index is 3.05. The molecule has 100 valence electrons. The summed E-state index contributed by atoms with van der Waals surface area (Å²) in [6, 6.07) is 5.08. The Morgan fingerprint density at radius 3 is 2.61 bits per heavy atom. The van der Waals surface area contributed by atoms with Gasteiger partial charge in [0.05, 0.1) is 4.90 Å². The number of hydrogen-bond acceptors (Lipinski definition) is 3. The minimum atomic E-state index is -3.45. The molecule has 7 heteroatoms. The first-order chi connectivity index (χ1) is 8.40. The van der Waals surface area contributed by atoms with Crippen LogP contribution >= 0.6 is 12.2 Å². The van der Waals surface area contributed by atoms with E-state index in [1.807, 2.05) is 6.92 Å². The molecule has 0 amide bonds. The van der Waals surface area contributed by atoms with Crippen molar-refractivity contribution in [2.24, 2.45) is 0 Å². The molecule has 0 fully saturated rings. The smallest absolute Gasteiger partial charge is 0.240 e. The minimum absolute atomic E-state index is 0.245. The van der Waals surface area contributed by atoms with Gasteiger partial charge in [-0.2, -0.15) is 0 Å². The molecular formula is C11H17N3O2S2. The zero-order chi connectivity index (χ0) is 13.8. The van der Waals surface area contributed by atoms with Crippen molar-refractivity contribution < 1.29 is 8.42 Å². The molecule has 0 saturated carbocycles. The molecule has 0 aliphatic carbocycles. The zero-order valence-electron chi connectivity index (χ0n) is 10.6. The van der Waals surface area contributed by atoms with Crippen LogP contribution < -0.4 is 15.4 Å². The highest BCUT2D eigenvalue weighted by molar-refractivity contribution is 7.89. The third-order valence-corrected chi connectivity index (χ3v) is 4.14. The average Bonchev–Trinajstić information content (AvgIpc) is 2.31. The summed E-state index contributed by atoms with van der Waals surface area (Å²) in [6.07, 6.45) is 0. The summed E-state index contributed by atoms with van der Waals surface area (Å²) in [7, 11) is -2.07. The van der Waals surface area contributed by atoms with Crippen LogP contribution in [-0.2, 0) is 10.0 Å². The number of anilines is 1. The third kappa shape index (κ3) is 3.66. The second-order valence-electron chi connectivity index (χ2n) is 3.67. The number of hydrogen-bond donors (Lipinski definition) is 3. The minimum Gasteiger partial charge on any atom is -0.363 e. The molecule has 0 spiro atoms. The van der Waals surface area contributed by atoms with Crippen LogP contribution in [0.15, 0.2) is 23.1 Å². The van der Waals surface area contributed by atoms with E-state index >= 15 is 0 Å². The van der Waals surface area contributed by atoms with Crippen LogP contribution in [0.4, 0.5) is 5.69 Å². The molecule has 18 heavy (non-hydrogen) atoms. The fourth-order valence-corrected chi connectivity index (χ4v) is 2.67. The summed E-state index contributed by atoms with van der Waals surface area (Å²) in [5.41, 5.74) is 1.32. The molecule has 0 heterocycles. The van der Waals surface area contributed by atoms with E-state index in [2.05, 4.69) is 15.4 Å². The zero-order valence-corrected chi connectivity index (χ0v) is 12.2. The lowest BCUT2D eigenvalue weighted by Crippen LogP contribution is -2.28. The SMILES string of the molecule is CCNC(=S)Nc1ccc(C)c(S(=O)(=O)NC)c1. The fourth-order valence-electron chi connectivity index (χ4n) is 1.41. The van der Waals surface area contributed by atoms with Crippen molar-refractivity contribution in [1.82, 2.24) is 10.0 Å². The first-order valence-corrected chi connectivity index (χ1v) is 7.39. The second kappa shape index (κ2) is 6.12. The molecule has 0 saturated heterocycles. The predicted octanol–water partition coefficient (Wildman–Crippen LogP) is 1.21. The molecule has 1 aromatic rings. The van der Waals surface area contributed by atoms with Crippen molar-refractivity contribution >= 4 is 33.0 Å². The molecule has 0 unspecified atom stereocenters. The average molecular weight is 287 g/mol. The highest BCUT2D eigenvalue weighted by atomic mass is 32.2. The van der Waals surface area contributed by atoms with E-state index in [0.29, 0.717) is 22.9 Å². The monoisotopic (exact) mass is 287 g/mol. The Kier molecular flexibility index (Phi) is 5.06. The van der Waals surface area contributed by atoms with Gasteiger partial charge in [0.1, 0.15) is 0 Å². The first kappa shape index (κ1) is 14.9. The van der Waals surface area contributed by atoms with E-state index in [-0.39, 0.29) is 4.90 Å². The van der Waals surface area contributed by atoms with Crippen LogP contribution in [0.25, 0.3) is 0 Å². The highest BCUT2D eigenvalue weighted by Gasteiger charge is 2.15. The van der Waals surface area contributed by atoms with Gasteiger partial charge in [0.15, 0.2) is 5.11 Å². The lowest BCUT2D eigenvalue weighted by Gasteiger charge is -2.12. The fraction of sp³-hybridized carbons (Fsp3) is 0.364. The third-order valence-electron chi connectivity index (χ3n) is 2.34. The van der Waals surface area contributed by atoms with E-state index in [4.69, 9.17) is 12.2 Å². The van der Waals surface area contributed by atoms with Gasteiger partial charge in [0.2, 0.25) is 10.0 Å². The summed E-state index contributed by atoms with van der Waals surface area (Å²) < 4.78 is 25.9. The Morgan fingerprint density at radius 2 is 2.06 bits per heavy atom. The topological polar surface area (TPSA) is 70.2 Å². The van der Waals surface area contributed by atoms with Gasteiger partial charge in [0, 0.05) is 12.2 Å². The second-order valence-corrected chi connectivity index (χ2v) is 5.94. The Hall–Kier alpha value is -1.18. The highest BCUT2D eigenvalue weighted by Crippen LogP contribution is 2.19. The van der Waals surface area contributed by atoms with Crippen LogP contribution in [0, 0.1) is 6.92 Å². The van der Waals surface area contributed by atoms with Gasteiger partial charge < -0.3 is 10.6 Å².